The topological polar surface area (TPSA) is 56.4 Å². The smallest absolute Gasteiger partial charge is 0.227 e. The van der Waals surface area contributed by atoms with Gasteiger partial charge in [-0.15, -0.1) is 0 Å². The maximum absolute atomic E-state index is 12.3. The van der Waals surface area contributed by atoms with E-state index in [1.165, 1.54) is 0 Å². The lowest BCUT2D eigenvalue weighted by molar-refractivity contribution is -0.139. The summed E-state index contributed by atoms with van der Waals surface area (Å²) in [6, 6.07) is 2.03. The molecule has 0 unspecified atom stereocenters. The fourth-order valence-corrected chi connectivity index (χ4v) is 2.67. The summed E-state index contributed by atoms with van der Waals surface area (Å²) in [7, 11) is 0. The number of carbonyl (C=O) groups is 2. The van der Waals surface area contributed by atoms with E-state index in [4.69, 9.17) is 0 Å². The van der Waals surface area contributed by atoms with E-state index in [2.05, 4.69) is 4.98 Å². The molecule has 5 nitrogen and oxygen atoms in total. The number of aromatic amines is 1. The van der Waals surface area contributed by atoms with Crippen molar-refractivity contribution in [2.45, 2.75) is 33.6 Å². The Morgan fingerprint density at radius 1 is 1.10 bits per heavy atom. The summed E-state index contributed by atoms with van der Waals surface area (Å²) < 4.78 is 0. The van der Waals surface area contributed by atoms with E-state index in [1.54, 1.807) is 0 Å². The number of hydrogen-bond donors (Lipinski definition) is 1. The molecule has 0 saturated carbocycles. The Hall–Kier alpha value is -1.78. The van der Waals surface area contributed by atoms with Gasteiger partial charge < -0.3 is 14.8 Å². The van der Waals surface area contributed by atoms with Gasteiger partial charge in [-0.1, -0.05) is 6.92 Å². The molecule has 1 N–H and O–H groups in total. The normalized spacial score (nSPS) is 15.6. The number of aryl methyl sites for hydroxylation is 2. The molecule has 1 fully saturated rings. The predicted molar refractivity (Wildman–Crippen MR) is 77.4 cm³/mol. The Morgan fingerprint density at radius 3 is 2.10 bits per heavy atom. The Morgan fingerprint density at radius 2 is 1.65 bits per heavy atom. The van der Waals surface area contributed by atoms with Crippen molar-refractivity contribution in [3.8, 4) is 0 Å². The number of nitrogens with zero attached hydrogens (tertiary/aromatic N) is 2. The minimum Gasteiger partial charge on any atom is -0.362 e. The van der Waals surface area contributed by atoms with Crippen LogP contribution in [0.5, 0.6) is 0 Å². The second-order valence-electron chi connectivity index (χ2n) is 5.39. The molecule has 5 heteroatoms. The summed E-state index contributed by atoms with van der Waals surface area (Å²) in [6.45, 7) is 8.47. The number of aromatic nitrogens is 1. The number of piperazine rings is 1. The molecule has 0 atom stereocenters. The number of carbonyl (C=O) groups excluding carboxylic acids is 2. The second kappa shape index (κ2) is 6.11. The van der Waals surface area contributed by atoms with Gasteiger partial charge in [0.2, 0.25) is 11.8 Å². The summed E-state index contributed by atoms with van der Waals surface area (Å²) in [5, 5.41) is 0. The number of amides is 2. The van der Waals surface area contributed by atoms with Gasteiger partial charge in [-0.05, 0) is 25.5 Å². The fraction of sp³-hybridized carbons (Fsp3) is 0.600. The average molecular weight is 277 g/mol. The molecule has 2 rings (SSSR count). The van der Waals surface area contributed by atoms with E-state index in [9.17, 15) is 9.59 Å². The molecular weight excluding hydrogens is 254 g/mol. The van der Waals surface area contributed by atoms with Gasteiger partial charge in [-0.25, -0.2) is 0 Å². The first kappa shape index (κ1) is 14.6. The predicted octanol–water partition coefficient (Wildman–Crippen LogP) is 1.25. The number of nitrogens with one attached hydrogen (secondary N) is 1. The van der Waals surface area contributed by atoms with Crippen LogP contribution in [0.2, 0.25) is 0 Å². The molecule has 1 aliphatic rings. The van der Waals surface area contributed by atoms with E-state index in [1.807, 2.05) is 36.6 Å². The SMILES string of the molecule is CCC(=O)N1CCN(C(=O)Cc2cc(C)[nH]c2C)CC1. The zero-order chi connectivity index (χ0) is 14.7. The third-order valence-electron chi connectivity index (χ3n) is 3.89. The molecule has 0 aliphatic carbocycles. The fourth-order valence-electron chi connectivity index (χ4n) is 2.67. The highest BCUT2D eigenvalue weighted by molar-refractivity contribution is 5.80. The first-order valence-corrected chi connectivity index (χ1v) is 7.22. The summed E-state index contributed by atoms with van der Waals surface area (Å²) in [4.78, 5) is 30.8. The molecule has 110 valence electrons. The molecular formula is C15H23N3O2. The van der Waals surface area contributed by atoms with Gasteiger partial charge in [-0.2, -0.15) is 0 Å². The van der Waals surface area contributed by atoms with E-state index in [0.717, 1.165) is 17.0 Å². The van der Waals surface area contributed by atoms with Crippen LogP contribution < -0.4 is 0 Å². The van der Waals surface area contributed by atoms with Crippen LogP contribution in [0.15, 0.2) is 6.07 Å². The van der Waals surface area contributed by atoms with E-state index in [-0.39, 0.29) is 11.8 Å². The second-order valence-corrected chi connectivity index (χ2v) is 5.39. The van der Waals surface area contributed by atoms with Crippen LogP contribution in [0.4, 0.5) is 0 Å². The molecule has 1 aromatic rings. The highest BCUT2D eigenvalue weighted by atomic mass is 16.2. The number of H-pyrrole nitrogens is 1. The van der Waals surface area contributed by atoms with Gasteiger partial charge in [0.05, 0.1) is 6.42 Å². The maximum atomic E-state index is 12.3. The Labute approximate surface area is 119 Å². The van der Waals surface area contributed by atoms with Crippen molar-refractivity contribution >= 4 is 11.8 Å². The van der Waals surface area contributed by atoms with Crippen molar-refractivity contribution in [1.82, 2.24) is 14.8 Å². The molecule has 2 heterocycles. The molecule has 0 aromatic carbocycles. The summed E-state index contributed by atoms with van der Waals surface area (Å²) in [5.74, 6) is 0.324. The summed E-state index contributed by atoms with van der Waals surface area (Å²) in [6.07, 6.45) is 0.980. The van der Waals surface area contributed by atoms with E-state index < -0.39 is 0 Å². The van der Waals surface area contributed by atoms with Gasteiger partial charge in [0, 0.05) is 44.0 Å². The lowest BCUT2D eigenvalue weighted by Crippen LogP contribution is -2.50. The molecule has 0 bridgehead atoms. The van der Waals surface area contributed by atoms with Crippen LogP contribution in [-0.2, 0) is 16.0 Å². The first-order chi connectivity index (χ1) is 9.51. The van der Waals surface area contributed by atoms with Gasteiger partial charge in [0.1, 0.15) is 0 Å². The molecule has 1 aromatic heterocycles. The standard InChI is InChI=1S/C15H23N3O2/c1-4-14(19)17-5-7-18(8-6-17)15(20)10-13-9-11(2)16-12(13)3/h9,16H,4-8,10H2,1-3H3. The molecule has 1 saturated heterocycles. The zero-order valence-electron chi connectivity index (χ0n) is 12.5. The molecule has 1 aliphatic heterocycles. The molecule has 2 amide bonds. The zero-order valence-corrected chi connectivity index (χ0v) is 12.5. The lowest BCUT2D eigenvalue weighted by Gasteiger charge is -2.34. The van der Waals surface area contributed by atoms with Gasteiger partial charge in [-0.3, -0.25) is 9.59 Å². The van der Waals surface area contributed by atoms with E-state index >= 15 is 0 Å². The third kappa shape index (κ3) is 3.21. The Bertz CT molecular complexity index is 499. The molecule has 0 spiro atoms. The van der Waals surface area contributed by atoms with Crippen LogP contribution in [0.1, 0.15) is 30.3 Å². The quantitative estimate of drug-likeness (QED) is 0.904. The third-order valence-corrected chi connectivity index (χ3v) is 3.89. The number of hydrogen-bond acceptors (Lipinski definition) is 2. The highest BCUT2D eigenvalue weighted by Crippen LogP contribution is 2.12. The van der Waals surface area contributed by atoms with Gasteiger partial charge >= 0.3 is 0 Å². The van der Waals surface area contributed by atoms with Gasteiger partial charge in [0.25, 0.3) is 0 Å². The van der Waals surface area contributed by atoms with Crippen molar-refractivity contribution < 1.29 is 9.59 Å². The van der Waals surface area contributed by atoms with Crippen molar-refractivity contribution in [3.05, 3.63) is 23.0 Å². The van der Waals surface area contributed by atoms with Crippen LogP contribution in [0.3, 0.4) is 0 Å². The van der Waals surface area contributed by atoms with Crippen molar-refractivity contribution in [1.29, 1.82) is 0 Å². The average Bonchev–Trinajstić information content (AvgIpc) is 2.76. The van der Waals surface area contributed by atoms with Crippen molar-refractivity contribution in [2.75, 3.05) is 26.2 Å². The first-order valence-electron chi connectivity index (χ1n) is 7.22. The Balaban J connectivity index is 1.89. The molecule has 0 radical (unpaired) electrons. The Kier molecular flexibility index (Phi) is 4.47. The maximum Gasteiger partial charge on any atom is 0.227 e. The van der Waals surface area contributed by atoms with Crippen molar-refractivity contribution in [2.24, 2.45) is 0 Å². The minimum absolute atomic E-state index is 0.149. The largest absolute Gasteiger partial charge is 0.362 e. The molecule has 20 heavy (non-hydrogen) atoms. The van der Waals surface area contributed by atoms with Crippen LogP contribution in [0.25, 0.3) is 0 Å². The minimum atomic E-state index is 0.149. The summed E-state index contributed by atoms with van der Waals surface area (Å²) >= 11 is 0. The van der Waals surface area contributed by atoms with Crippen LogP contribution in [0, 0.1) is 13.8 Å². The number of rotatable bonds is 3. The summed E-state index contributed by atoms with van der Waals surface area (Å²) in [5.41, 5.74) is 3.22. The lowest BCUT2D eigenvalue weighted by atomic mass is 10.1. The monoisotopic (exact) mass is 277 g/mol. The van der Waals surface area contributed by atoms with Crippen LogP contribution >= 0.6 is 0 Å². The highest BCUT2D eigenvalue weighted by Gasteiger charge is 2.23. The van der Waals surface area contributed by atoms with E-state index in [0.29, 0.717) is 39.0 Å². The van der Waals surface area contributed by atoms with Gasteiger partial charge in [0.15, 0.2) is 0 Å². The van der Waals surface area contributed by atoms with Crippen molar-refractivity contribution in [3.63, 3.8) is 0 Å². The van der Waals surface area contributed by atoms with Crippen LogP contribution in [-0.4, -0.2) is 52.8 Å².